The largest absolute Gasteiger partial charge is 0.335 e. The zero-order chi connectivity index (χ0) is 20.2. The van der Waals surface area contributed by atoms with E-state index in [9.17, 15) is 14.0 Å². The van der Waals surface area contributed by atoms with Crippen molar-refractivity contribution >= 4 is 34.1 Å². The molecule has 1 aromatic heterocycles. The number of aromatic nitrogens is 1. The van der Waals surface area contributed by atoms with E-state index in [2.05, 4.69) is 20.9 Å². The second kappa shape index (κ2) is 8.87. The molecule has 0 saturated heterocycles. The van der Waals surface area contributed by atoms with Crippen molar-refractivity contribution in [3.05, 3.63) is 40.7 Å². The number of thiazole rings is 1. The molecule has 1 aromatic carbocycles. The standard InChI is InChI=1S/C20H24FN5O2S/c21-13-4-3-7-15(10-13)22-18(27)12-26-9-8-16-17(11-26)29-20(24-16)25-19(28)23-14-5-1-2-6-14/h3-4,7,10,14H,1-2,5-6,8-9,11-12H2,(H,22,27)(H2,23,24,25,28). The Morgan fingerprint density at radius 1 is 1.24 bits per heavy atom. The van der Waals surface area contributed by atoms with Crippen molar-refractivity contribution in [3.63, 3.8) is 0 Å². The first kappa shape index (κ1) is 19.8. The minimum Gasteiger partial charge on any atom is -0.335 e. The summed E-state index contributed by atoms with van der Waals surface area (Å²) >= 11 is 1.45. The topological polar surface area (TPSA) is 86.4 Å². The third kappa shape index (κ3) is 5.30. The Kier molecular flexibility index (Phi) is 6.05. The molecule has 1 saturated carbocycles. The maximum atomic E-state index is 13.2. The van der Waals surface area contributed by atoms with E-state index in [1.165, 1.54) is 36.3 Å². The first-order valence-electron chi connectivity index (χ1n) is 9.89. The van der Waals surface area contributed by atoms with Crippen LogP contribution in [0.15, 0.2) is 24.3 Å². The maximum absolute atomic E-state index is 13.2. The molecule has 0 unspecified atom stereocenters. The number of nitrogens with one attached hydrogen (secondary N) is 3. The van der Waals surface area contributed by atoms with Gasteiger partial charge < -0.3 is 10.6 Å². The predicted molar refractivity (Wildman–Crippen MR) is 111 cm³/mol. The fourth-order valence-corrected chi connectivity index (χ4v) is 4.84. The Morgan fingerprint density at radius 2 is 2.07 bits per heavy atom. The van der Waals surface area contributed by atoms with Crippen molar-refractivity contribution in [1.29, 1.82) is 0 Å². The number of rotatable bonds is 5. The monoisotopic (exact) mass is 417 g/mol. The zero-order valence-electron chi connectivity index (χ0n) is 16.0. The lowest BCUT2D eigenvalue weighted by atomic mass is 10.2. The van der Waals surface area contributed by atoms with Crippen LogP contribution in [0.3, 0.4) is 0 Å². The van der Waals surface area contributed by atoms with Gasteiger partial charge in [-0.2, -0.15) is 0 Å². The van der Waals surface area contributed by atoms with Crippen molar-refractivity contribution in [3.8, 4) is 0 Å². The van der Waals surface area contributed by atoms with E-state index in [0.717, 1.165) is 29.8 Å². The lowest BCUT2D eigenvalue weighted by Crippen LogP contribution is -2.36. The van der Waals surface area contributed by atoms with Gasteiger partial charge in [-0.05, 0) is 31.0 Å². The van der Waals surface area contributed by atoms with Gasteiger partial charge >= 0.3 is 6.03 Å². The highest BCUT2D eigenvalue weighted by molar-refractivity contribution is 7.15. The number of amides is 3. The average Bonchev–Trinajstić information content (AvgIpc) is 3.30. The number of hydrogen-bond acceptors (Lipinski definition) is 5. The fourth-order valence-electron chi connectivity index (χ4n) is 3.80. The molecule has 0 atom stereocenters. The normalized spacial score (nSPS) is 17.0. The van der Waals surface area contributed by atoms with Crippen LogP contribution < -0.4 is 16.0 Å². The molecule has 1 aliphatic heterocycles. The van der Waals surface area contributed by atoms with E-state index in [-0.39, 0.29) is 30.3 Å². The van der Waals surface area contributed by atoms with Gasteiger partial charge in [-0.25, -0.2) is 14.2 Å². The molecule has 1 fully saturated rings. The molecule has 4 rings (SSSR count). The van der Waals surface area contributed by atoms with Gasteiger partial charge in [0.25, 0.3) is 0 Å². The number of anilines is 2. The highest BCUT2D eigenvalue weighted by atomic mass is 32.1. The summed E-state index contributed by atoms with van der Waals surface area (Å²) < 4.78 is 13.2. The van der Waals surface area contributed by atoms with Crippen LogP contribution in [0.1, 0.15) is 36.3 Å². The Labute approximate surface area is 172 Å². The third-order valence-electron chi connectivity index (χ3n) is 5.20. The van der Waals surface area contributed by atoms with Crippen molar-refractivity contribution < 1.29 is 14.0 Å². The van der Waals surface area contributed by atoms with Gasteiger partial charge in [0, 0.05) is 36.1 Å². The number of carbonyl (C=O) groups excluding carboxylic acids is 2. The lowest BCUT2D eigenvalue weighted by Gasteiger charge is -2.25. The van der Waals surface area contributed by atoms with E-state index in [1.807, 2.05) is 4.90 Å². The molecule has 0 spiro atoms. The molecule has 2 heterocycles. The highest BCUT2D eigenvalue weighted by Crippen LogP contribution is 2.28. The molecule has 1 aliphatic carbocycles. The number of benzene rings is 1. The number of carbonyl (C=O) groups is 2. The molecular weight excluding hydrogens is 393 g/mol. The van der Waals surface area contributed by atoms with Crippen LogP contribution in [0.5, 0.6) is 0 Å². The summed E-state index contributed by atoms with van der Waals surface area (Å²) in [6.45, 7) is 1.54. The Balaban J connectivity index is 1.29. The zero-order valence-corrected chi connectivity index (χ0v) is 16.9. The molecular formula is C20H24FN5O2S. The summed E-state index contributed by atoms with van der Waals surface area (Å²) in [5, 5.41) is 9.16. The van der Waals surface area contributed by atoms with E-state index >= 15 is 0 Å². The molecule has 9 heteroatoms. The van der Waals surface area contributed by atoms with E-state index in [0.29, 0.717) is 23.9 Å². The first-order valence-corrected chi connectivity index (χ1v) is 10.7. The van der Waals surface area contributed by atoms with Gasteiger partial charge in [-0.15, -0.1) is 11.3 Å². The number of fused-ring (bicyclic) bond motifs is 1. The van der Waals surface area contributed by atoms with Crippen molar-refractivity contribution in [2.45, 2.75) is 44.7 Å². The quantitative estimate of drug-likeness (QED) is 0.696. The average molecular weight is 418 g/mol. The molecule has 0 bridgehead atoms. The summed E-state index contributed by atoms with van der Waals surface area (Å²) in [6, 6.07) is 5.92. The van der Waals surface area contributed by atoms with Crippen LogP contribution in [0.2, 0.25) is 0 Å². The van der Waals surface area contributed by atoms with Gasteiger partial charge in [-0.3, -0.25) is 15.0 Å². The van der Waals surface area contributed by atoms with Crippen LogP contribution >= 0.6 is 11.3 Å². The molecule has 7 nitrogen and oxygen atoms in total. The Bertz CT molecular complexity index is 897. The second-order valence-electron chi connectivity index (χ2n) is 7.49. The molecule has 3 amide bonds. The van der Waals surface area contributed by atoms with Crippen LogP contribution in [0.4, 0.5) is 20.0 Å². The highest BCUT2D eigenvalue weighted by Gasteiger charge is 2.23. The van der Waals surface area contributed by atoms with E-state index < -0.39 is 0 Å². The minimum absolute atomic E-state index is 0.183. The first-order chi connectivity index (χ1) is 14.0. The smallest absolute Gasteiger partial charge is 0.321 e. The van der Waals surface area contributed by atoms with Crippen LogP contribution in [0.25, 0.3) is 0 Å². The summed E-state index contributed by atoms with van der Waals surface area (Å²) in [5.74, 6) is -0.565. The molecule has 154 valence electrons. The van der Waals surface area contributed by atoms with Gasteiger partial charge in [0.15, 0.2) is 5.13 Å². The predicted octanol–water partition coefficient (Wildman–Crippen LogP) is 3.34. The Morgan fingerprint density at radius 3 is 2.86 bits per heavy atom. The van der Waals surface area contributed by atoms with Gasteiger partial charge in [0.1, 0.15) is 5.82 Å². The van der Waals surface area contributed by atoms with Crippen LogP contribution in [-0.4, -0.2) is 41.0 Å². The van der Waals surface area contributed by atoms with E-state index in [1.54, 1.807) is 12.1 Å². The summed E-state index contributed by atoms with van der Waals surface area (Å²) in [6.07, 6.45) is 5.13. The lowest BCUT2D eigenvalue weighted by molar-refractivity contribution is -0.117. The number of nitrogens with zero attached hydrogens (tertiary/aromatic N) is 2. The summed E-state index contributed by atoms with van der Waals surface area (Å²) in [7, 11) is 0. The number of urea groups is 1. The summed E-state index contributed by atoms with van der Waals surface area (Å²) in [4.78, 5) is 32.0. The molecule has 29 heavy (non-hydrogen) atoms. The molecule has 3 N–H and O–H groups in total. The number of hydrogen-bond donors (Lipinski definition) is 3. The van der Waals surface area contributed by atoms with E-state index in [4.69, 9.17) is 0 Å². The van der Waals surface area contributed by atoms with Gasteiger partial charge in [0.05, 0.1) is 12.2 Å². The molecule has 2 aromatic rings. The fraction of sp³-hybridized carbons (Fsp3) is 0.450. The van der Waals surface area contributed by atoms with Crippen LogP contribution in [-0.2, 0) is 17.8 Å². The van der Waals surface area contributed by atoms with Crippen LogP contribution in [0, 0.1) is 5.82 Å². The van der Waals surface area contributed by atoms with Crippen molar-refractivity contribution in [2.24, 2.45) is 0 Å². The van der Waals surface area contributed by atoms with Gasteiger partial charge in [-0.1, -0.05) is 18.9 Å². The van der Waals surface area contributed by atoms with Crippen molar-refractivity contribution in [1.82, 2.24) is 15.2 Å². The summed E-state index contributed by atoms with van der Waals surface area (Å²) in [5.41, 5.74) is 1.43. The number of halogens is 1. The van der Waals surface area contributed by atoms with Gasteiger partial charge in [0.2, 0.25) is 5.91 Å². The molecule has 2 aliphatic rings. The van der Waals surface area contributed by atoms with Crippen molar-refractivity contribution in [2.75, 3.05) is 23.7 Å². The maximum Gasteiger partial charge on any atom is 0.321 e. The Hall–Kier alpha value is -2.52. The second-order valence-corrected chi connectivity index (χ2v) is 8.57. The molecule has 0 radical (unpaired) electrons. The SMILES string of the molecule is O=C(CN1CCc2nc(NC(=O)NC3CCCC3)sc2C1)Nc1cccc(F)c1. The third-order valence-corrected chi connectivity index (χ3v) is 6.19. The minimum atomic E-state index is -0.382.